The number of benzene rings is 1. The summed E-state index contributed by atoms with van der Waals surface area (Å²) in [7, 11) is 0. The maximum absolute atomic E-state index is 6.11. The summed E-state index contributed by atoms with van der Waals surface area (Å²) in [5.41, 5.74) is 1.47. The van der Waals surface area contributed by atoms with E-state index in [-0.39, 0.29) is 6.29 Å². The molecule has 3 heteroatoms. The second kappa shape index (κ2) is 12.0. The Hall–Kier alpha value is -1.06. The Morgan fingerprint density at radius 1 is 0.862 bits per heavy atom. The van der Waals surface area contributed by atoms with Gasteiger partial charge in [0.1, 0.15) is 12.4 Å². The summed E-state index contributed by atoms with van der Waals surface area (Å²) in [5, 5.41) is 0. The molecule has 1 aromatic rings. The summed E-state index contributed by atoms with van der Waals surface area (Å²) in [5.74, 6) is 3.41. The molecule has 0 amide bonds. The third-order valence-corrected chi connectivity index (χ3v) is 7.21. The van der Waals surface area contributed by atoms with E-state index in [0.717, 1.165) is 23.5 Å². The van der Waals surface area contributed by atoms with Gasteiger partial charge in [-0.2, -0.15) is 0 Å². The van der Waals surface area contributed by atoms with E-state index < -0.39 is 0 Å². The van der Waals surface area contributed by atoms with Crippen molar-refractivity contribution in [3.8, 4) is 5.75 Å². The lowest BCUT2D eigenvalue weighted by molar-refractivity contribution is -0.171. The molecule has 2 unspecified atom stereocenters. The molecule has 3 rings (SSSR count). The molecule has 164 valence electrons. The van der Waals surface area contributed by atoms with Crippen LogP contribution in [0.25, 0.3) is 0 Å². The Balaban J connectivity index is 1.28. The largest absolute Gasteiger partial charge is 0.491 e. The topological polar surface area (TPSA) is 27.7 Å². The van der Waals surface area contributed by atoms with Crippen LogP contribution in [-0.4, -0.2) is 25.6 Å². The van der Waals surface area contributed by atoms with Crippen LogP contribution in [0.4, 0.5) is 0 Å². The molecule has 0 saturated heterocycles. The lowest BCUT2D eigenvalue weighted by atomic mass is 9.79. The zero-order chi connectivity index (χ0) is 20.5. The van der Waals surface area contributed by atoms with Gasteiger partial charge in [-0.15, -0.1) is 0 Å². The number of hydrogen-bond acceptors (Lipinski definition) is 3. The van der Waals surface area contributed by atoms with Crippen molar-refractivity contribution >= 4 is 0 Å². The van der Waals surface area contributed by atoms with Crippen molar-refractivity contribution in [2.45, 2.75) is 103 Å². The Morgan fingerprint density at radius 2 is 1.55 bits per heavy atom. The van der Waals surface area contributed by atoms with Gasteiger partial charge in [0.05, 0.1) is 12.7 Å². The van der Waals surface area contributed by atoms with Gasteiger partial charge in [-0.05, 0) is 80.9 Å². The molecule has 2 aliphatic carbocycles. The lowest BCUT2D eigenvalue weighted by Gasteiger charge is -2.33. The van der Waals surface area contributed by atoms with Crippen LogP contribution in [0.3, 0.4) is 0 Å². The van der Waals surface area contributed by atoms with Gasteiger partial charge in [0, 0.05) is 0 Å². The van der Waals surface area contributed by atoms with Gasteiger partial charge in [0.25, 0.3) is 0 Å². The minimum atomic E-state index is -0.155. The van der Waals surface area contributed by atoms with Gasteiger partial charge in [0.2, 0.25) is 0 Å². The van der Waals surface area contributed by atoms with Crippen LogP contribution in [-0.2, 0) is 9.47 Å². The van der Waals surface area contributed by atoms with Gasteiger partial charge in [-0.25, -0.2) is 0 Å². The average Bonchev–Trinajstić information content (AvgIpc) is 2.78. The predicted octanol–water partition coefficient (Wildman–Crippen LogP) is 7.10. The summed E-state index contributed by atoms with van der Waals surface area (Å²) in [6, 6.07) is 8.71. The minimum Gasteiger partial charge on any atom is -0.491 e. The van der Waals surface area contributed by atoms with E-state index in [1.165, 1.54) is 69.8 Å². The Morgan fingerprint density at radius 3 is 2.21 bits per heavy atom. The van der Waals surface area contributed by atoms with Crippen molar-refractivity contribution in [2.75, 3.05) is 13.2 Å². The predicted molar refractivity (Wildman–Crippen MR) is 119 cm³/mol. The summed E-state index contributed by atoms with van der Waals surface area (Å²) >= 11 is 0. The molecule has 0 heterocycles. The summed E-state index contributed by atoms with van der Waals surface area (Å²) < 4.78 is 17.8. The monoisotopic (exact) mass is 402 g/mol. The highest BCUT2D eigenvalue weighted by Crippen LogP contribution is 2.34. The summed E-state index contributed by atoms with van der Waals surface area (Å²) in [4.78, 5) is 0. The summed E-state index contributed by atoms with van der Waals surface area (Å²) in [6.07, 6.45) is 13.3. The molecule has 0 N–H and O–H groups in total. The molecule has 0 bridgehead atoms. The van der Waals surface area contributed by atoms with Gasteiger partial charge in [-0.1, -0.05) is 51.7 Å². The molecule has 29 heavy (non-hydrogen) atoms. The van der Waals surface area contributed by atoms with E-state index in [1.807, 2.05) is 6.92 Å². The molecule has 0 aromatic heterocycles. The number of rotatable bonds is 10. The van der Waals surface area contributed by atoms with Crippen molar-refractivity contribution in [3.05, 3.63) is 29.8 Å². The Labute approximate surface area is 178 Å². The molecule has 0 aliphatic heterocycles. The van der Waals surface area contributed by atoms with E-state index >= 15 is 0 Å². The standard InChI is InChI=1S/C26H42O3/c1-4-20(2)22-10-16-26(17-11-22)29-21(3)27-18-19-28-25-14-12-24(13-15-25)23-8-6-5-7-9-23/h12-15,20-23,26H,4-11,16-19H2,1-3H3. The molecule has 1 aromatic carbocycles. The molecule has 0 radical (unpaired) electrons. The maximum atomic E-state index is 6.11. The van der Waals surface area contributed by atoms with Crippen LogP contribution in [0.1, 0.15) is 96.5 Å². The second-order valence-electron chi connectivity index (χ2n) is 9.25. The highest BCUT2D eigenvalue weighted by Gasteiger charge is 2.26. The smallest absolute Gasteiger partial charge is 0.155 e. The third kappa shape index (κ3) is 7.29. The van der Waals surface area contributed by atoms with E-state index in [9.17, 15) is 0 Å². The zero-order valence-electron chi connectivity index (χ0n) is 18.9. The maximum Gasteiger partial charge on any atom is 0.155 e. The van der Waals surface area contributed by atoms with Crippen LogP contribution in [0.2, 0.25) is 0 Å². The number of ether oxygens (including phenoxy) is 3. The zero-order valence-corrected chi connectivity index (χ0v) is 18.9. The molecular formula is C26H42O3. The molecule has 2 saturated carbocycles. The highest BCUT2D eigenvalue weighted by atomic mass is 16.7. The van der Waals surface area contributed by atoms with Crippen LogP contribution >= 0.6 is 0 Å². The van der Waals surface area contributed by atoms with Gasteiger partial charge in [0.15, 0.2) is 6.29 Å². The molecule has 3 nitrogen and oxygen atoms in total. The minimum absolute atomic E-state index is 0.155. The lowest BCUT2D eigenvalue weighted by Crippen LogP contribution is -2.29. The van der Waals surface area contributed by atoms with Crippen LogP contribution in [0.15, 0.2) is 24.3 Å². The molecular weight excluding hydrogens is 360 g/mol. The van der Waals surface area contributed by atoms with Crippen molar-refractivity contribution in [1.29, 1.82) is 0 Å². The number of hydrogen-bond donors (Lipinski definition) is 0. The van der Waals surface area contributed by atoms with Crippen molar-refractivity contribution in [3.63, 3.8) is 0 Å². The molecule has 2 aliphatic rings. The van der Waals surface area contributed by atoms with Crippen molar-refractivity contribution in [1.82, 2.24) is 0 Å². The van der Waals surface area contributed by atoms with Gasteiger partial charge < -0.3 is 14.2 Å². The van der Waals surface area contributed by atoms with Gasteiger partial charge in [-0.3, -0.25) is 0 Å². The molecule has 2 fully saturated rings. The van der Waals surface area contributed by atoms with Gasteiger partial charge >= 0.3 is 0 Å². The normalized spacial score (nSPS) is 25.5. The van der Waals surface area contributed by atoms with E-state index in [4.69, 9.17) is 14.2 Å². The SMILES string of the molecule is CCC(C)C1CCC(OC(C)OCCOc2ccc(C3CCCCC3)cc2)CC1. The molecule has 0 spiro atoms. The Bertz CT molecular complexity index is 556. The van der Waals surface area contributed by atoms with E-state index in [1.54, 1.807) is 0 Å². The average molecular weight is 403 g/mol. The summed E-state index contributed by atoms with van der Waals surface area (Å²) in [6.45, 7) is 7.84. The fourth-order valence-electron chi connectivity index (χ4n) is 5.08. The quantitative estimate of drug-likeness (QED) is 0.309. The third-order valence-electron chi connectivity index (χ3n) is 7.21. The Kier molecular flexibility index (Phi) is 9.33. The van der Waals surface area contributed by atoms with E-state index in [2.05, 4.69) is 38.1 Å². The highest BCUT2D eigenvalue weighted by molar-refractivity contribution is 5.29. The fraction of sp³-hybridized carbons (Fsp3) is 0.769. The first-order valence-corrected chi connectivity index (χ1v) is 12.2. The molecule has 2 atom stereocenters. The van der Waals surface area contributed by atoms with Crippen LogP contribution in [0.5, 0.6) is 5.75 Å². The van der Waals surface area contributed by atoms with Crippen LogP contribution in [0, 0.1) is 11.8 Å². The first-order chi connectivity index (χ1) is 14.2. The van der Waals surface area contributed by atoms with Crippen molar-refractivity contribution in [2.24, 2.45) is 11.8 Å². The van der Waals surface area contributed by atoms with E-state index in [0.29, 0.717) is 19.3 Å². The first-order valence-electron chi connectivity index (χ1n) is 12.2. The fourth-order valence-corrected chi connectivity index (χ4v) is 5.08. The van der Waals surface area contributed by atoms with Crippen molar-refractivity contribution < 1.29 is 14.2 Å². The second-order valence-corrected chi connectivity index (χ2v) is 9.25. The first kappa shape index (κ1) is 22.6. The van der Waals surface area contributed by atoms with Crippen LogP contribution < -0.4 is 4.74 Å².